The summed E-state index contributed by atoms with van der Waals surface area (Å²) in [4.78, 5) is 2.47. The summed E-state index contributed by atoms with van der Waals surface area (Å²) < 4.78 is 0. The minimum Gasteiger partial charge on any atom is -0.398 e. The van der Waals surface area contributed by atoms with Gasteiger partial charge in [-0.25, -0.2) is 0 Å². The van der Waals surface area contributed by atoms with E-state index in [1.165, 1.54) is 16.7 Å². The molecule has 0 bridgehead atoms. The van der Waals surface area contributed by atoms with E-state index in [2.05, 4.69) is 55.1 Å². The van der Waals surface area contributed by atoms with E-state index in [-0.39, 0.29) is 0 Å². The maximum absolute atomic E-state index is 6.06. The Labute approximate surface area is 122 Å². The SMILES string of the molecule is CCCN(Cc1ccccc1C)Cc1ccccc1N. The van der Waals surface area contributed by atoms with E-state index in [0.717, 1.165) is 31.7 Å². The summed E-state index contributed by atoms with van der Waals surface area (Å²) in [5.74, 6) is 0. The first-order valence-electron chi connectivity index (χ1n) is 7.31. The molecule has 0 amide bonds. The van der Waals surface area contributed by atoms with Gasteiger partial charge in [0.2, 0.25) is 0 Å². The smallest absolute Gasteiger partial charge is 0.0359 e. The number of benzene rings is 2. The molecule has 0 saturated heterocycles. The Morgan fingerprint density at radius 1 is 0.900 bits per heavy atom. The molecule has 106 valence electrons. The van der Waals surface area contributed by atoms with Gasteiger partial charge in [-0.2, -0.15) is 0 Å². The second-order valence-corrected chi connectivity index (χ2v) is 5.34. The van der Waals surface area contributed by atoms with E-state index in [0.29, 0.717) is 0 Å². The third-order valence-corrected chi connectivity index (χ3v) is 3.64. The van der Waals surface area contributed by atoms with Crippen LogP contribution in [0.2, 0.25) is 0 Å². The van der Waals surface area contributed by atoms with Gasteiger partial charge in [0.15, 0.2) is 0 Å². The lowest BCUT2D eigenvalue weighted by molar-refractivity contribution is 0.257. The molecule has 0 saturated carbocycles. The van der Waals surface area contributed by atoms with Gasteiger partial charge >= 0.3 is 0 Å². The van der Waals surface area contributed by atoms with Crippen molar-refractivity contribution in [3.8, 4) is 0 Å². The lowest BCUT2D eigenvalue weighted by Gasteiger charge is -2.23. The highest BCUT2D eigenvalue weighted by Crippen LogP contribution is 2.17. The lowest BCUT2D eigenvalue weighted by Crippen LogP contribution is -2.24. The van der Waals surface area contributed by atoms with Gasteiger partial charge in [0.25, 0.3) is 0 Å². The van der Waals surface area contributed by atoms with Gasteiger partial charge in [-0.05, 0) is 42.6 Å². The largest absolute Gasteiger partial charge is 0.398 e. The molecule has 2 nitrogen and oxygen atoms in total. The summed E-state index contributed by atoms with van der Waals surface area (Å²) in [7, 11) is 0. The van der Waals surface area contributed by atoms with Gasteiger partial charge in [-0.15, -0.1) is 0 Å². The molecule has 2 aromatic rings. The van der Waals surface area contributed by atoms with Crippen molar-refractivity contribution >= 4 is 5.69 Å². The molecule has 0 radical (unpaired) electrons. The van der Waals surface area contributed by atoms with E-state index in [1.807, 2.05) is 12.1 Å². The summed E-state index contributed by atoms with van der Waals surface area (Å²) in [5.41, 5.74) is 10.9. The number of para-hydroxylation sites is 1. The quantitative estimate of drug-likeness (QED) is 0.803. The van der Waals surface area contributed by atoms with Crippen molar-refractivity contribution in [3.63, 3.8) is 0 Å². The van der Waals surface area contributed by atoms with E-state index in [9.17, 15) is 0 Å². The average molecular weight is 268 g/mol. The van der Waals surface area contributed by atoms with Crippen molar-refractivity contribution in [1.29, 1.82) is 0 Å². The molecule has 2 aromatic carbocycles. The molecule has 0 aliphatic rings. The van der Waals surface area contributed by atoms with Crippen LogP contribution in [0.3, 0.4) is 0 Å². The zero-order valence-electron chi connectivity index (χ0n) is 12.5. The maximum atomic E-state index is 6.06. The molecule has 0 aromatic heterocycles. The number of hydrogen-bond acceptors (Lipinski definition) is 2. The first-order valence-corrected chi connectivity index (χ1v) is 7.31. The summed E-state index contributed by atoms with van der Waals surface area (Å²) >= 11 is 0. The second kappa shape index (κ2) is 7.11. The Kier molecular flexibility index (Phi) is 5.19. The molecular formula is C18H24N2. The summed E-state index contributed by atoms with van der Waals surface area (Å²) in [5, 5.41) is 0. The number of nitrogen functional groups attached to an aromatic ring is 1. The number of nitrogens with zero attached hydrogens (tertiary/aromatic N) is 1. The molecule has 0 fully saturated rings. The van der Waals surface area contributed by atoms with Crippen LogP contribution < -0.4 is 5.73 Å². The number of rotatable bonds is 6. The Balaban J connectivity index is 2.12. The fourth-order valence-electron chi connectivity index (χ4n) is 2.48. The monoisotopic (exact) mass is 268 g/mol. The average Bonchev–Trinajstić information content (AvgIpc) is 2.44. The fraction of sp³-hybridized carbons (Fsp3) is 0.333. The zero-order valence-corrected chi connectivity index (χ0v) is 12.5. The molecule has 2 rings (SSSR count). The highest BCUT2D eigenvalue weighted by molar-refractivity contribution is 5.46. The molecule has 0 heterocycles. The van der Waals surface area contributed by atoms with E-state index in [1.54, 1.807) is 0 Å². The van der Waals surface area contributed by atoms with Crippen molar-refractivity contribution in [2.24, 2.45) is 0 Å². The van der Waals surface area contributed by atoms with Crippen molar-refractivity contribution in [2.75, 3.05) is 12.3 Å². The highest BCUT2D eigenvalue weighted by Gasteiger charge is 2.09. The molecular weight excluding hydrogens is 244 g/mol. The lowest BCUT2D eigenvalue weighted by atomic mass is 10.1. The van der Waals surface area contributed by atoms with Gasteiger partial charge in [0, 0.05) is 18.8 Å². The number of nitrogens with two attached hydrogens (primary N) is 1. The van der Waals surface area contributed by atoms with Gasteiger partial charge < -0.3 is 5.73 Å². The van der Waals surface area contributed by atoms with Gasteiger partial charge in [0.05, 0.1) is 0 Å². The van der Waals surface area contributed by atoms with E-state index < -0.39 is 0 Å². The van der Waals surface area contributed by atoms with Crippen LogP contribution in [0, 0.1) is 6.92 Å². The fourth-order valence-corrected chi connectivity index (χ4v) is 2.48. The number of hydrogen-bond donors (Lipinski definition) is 1. The minimum absolute atomic E-state index is 0.887. The van der Waals surface area contributed by atoms with Crippen LogP contribution >= 0.6 is 0 Å². The molecule has 2 heteroatoms. The first-order chi connectivity index (χ1) is 9.70. The topological polar surface area (TPSA) is 29.3 Å². The van der Waals surface area contributed by atoms with Crippen LogP contribution in [0.1, 0.15) is 30.0 Å². The first kappa shape index (κ1) is 14.6. The summed E-state index contributed by atoms with van der Waals surface area (Å²) in [6.07, 6.45) is 1.15. The van der Waals surface area contributed by atoms with Crippen molar-refractivity contribution in [2.45, 2.75) is 33.4 Å². The van der Waals surface area contributed by atoms with E-state index >= 15 is 0 Å². The predicted octanol–water partition coefficient (Wildman–Crippen LogP) is 3.99. The van der Waals surface area contributed by atoms with Crippen molar-refractivity contribution < 1.29 is 0 Å². The Hall–Kier alpha value is -1.80. The predicted molar refractivity (Wildman–Crippen MR) is 86.4 cm³/mol. The van der Waals surface area contributed by atoms with Gasteiger partial charge in [0.1, 0.15) is 0 Å². The third-order valence-electron chi connectivity index (χ3n) is 3.64. The molecule has 0 aliphatic carbocycles. The van der Waals surface area contributed by atoms with Gasteiger partial charge in [-0.1, -0.05) is 49.4 Å². The highest BCUT2D eigenvalue weighted by atomic mass is 15.1. The van der Waals surface area contributed by atoms with Crippen LogP contribution in [0.25, 0.3) is 0 Å². The normalized spacial score (nSPS) is 10.9. The van der Waals surface area contributed by atoms with Gasteiger partial charge in [-0.3, -0.25) is 4.90 Å². The Morgan fingerprint density at radius 3 is 2.15 bits per heavy atom. The molecule has 2 N–H and O–H groups in total. The minimum atomic E-state index is 0.887. The number of aryl methyl sites for hydroxylation is 1. The van der Waals surface area contributed by atoms with Crippen LogP contribution in [0.4, 0.5) is 5.69 Å². The third kappa shape index (κ3) is 3.84. The maximum Gasteiger partial charge on any atom is 0.0359 e. The van der Waals surface area contributed by atoms with Crippen LogP contribution in [0.5, 0.6) is 0 Å². The molecule has 0 atom stereocenters. The van der Waals surface area contributed by atoms with Crippen LogP contribution in [-0.4, -0.2) is 11.4 Å². The zero-order chi connectivity index (χ0) is 14.4. The van der Waals surface area contributed by atoms with Crippen LogP contribution in [-0.2, 0) is 13.1 Å². The Morgan fingerprint density at radius 2 is 1.50 bits per heavy atom. The standard InChI is InChI=1S/C18H24N2/c1-3-12-20(13-16-9-5-4-8-15(16)2)14-17-10-6-7-11-18(17)19/h4-11H,3,12-14,19H2,1-2H3. The van der Waals surface area contributed by atoms with Crippen LogP contribution in [0.15, 0.2) is 48.5 Å². The molecule has 0 unspecified atom stereocenters. The number of anilines is 1. The summed E-state index contributed by atoms with van der Waals surface area (Å²) in [6, 6.07) is 16.8. The van der Waals surface area contributed by atoms with E-state index in [4.69, 9.17) is 5.73 Å². The molecule has 0 aliphatic heterocycles. The van der Waals surface area contributed by atoms with Crippen molar-refractivity contribution in [1.82, 2.24) is 4.90 Å². The molecule has 20 heavy (non-hydrogen) atoms. The van der Waals surface area contributed by atoms with Crippen molar-refractivity contribution in [3.05, 3.63) is 65.2 Å². The summed E-state index contributed by atoms with van der Waals surface area (Å²) in [6.45, 7) is 7.38. The second-order valence-electron chi connectivity index (χ2n) is 5.34. The molecule has 0 spiro atoms. The Bertz CT molecular complexity index is 501.